The number of anilines is 1. The summed E-state index contributed by atoms with van der Waals surface area (Å²) >= 11 is 0. The van der Waals surface area contributed by atoms with Crippen LogP contribution in [0.15, 0.2) is 12.1 Å². The lowest BCUT2D eigenvalue weighted by atomic mass is 10.0. The number of aromatic nitrogens is 1. The Morgan fingerprint density at radius 1 is 1.28 bits per heavy atom. The molecule has 1 aliphatic heterocycles. The smallest absolute Gasteiger partial charge is 0.149 e. The Kier molecular flexibility index (Phi) is 2.61. The van der Waals surface area contributed by atoms with Gasteiger partial charge < -0.3 is 10.2 Å². The second-order valence-electron chi connectivity index (χ2n) is 4.11. The molecule has 0 aliphatic carbocycles. The van der Waals surface area contributed by atoms with Gasteiger partial charge in [-0.2, -0.15) is 0 Å². The number of fused-ring (bicyclic) bond motifs is 2. The van der Waals surface area contributed by atoms with Crippen molar-refractivity contribution in [2.24, 2.45) is 5.84 Å². The largest absolute Gasteiger partial charge is 0.376 e. The molecule has 1 aromatic heterocycles. The van der Waals surface area contributed by atoms with Gasteiger partial charge in [-0.05, 0) is 12.1 Å². The average molecular weight is 251 g/mol. The van der Waals surface area contributed by atoms with Gasteiger partial charge in [-0.3, -0.25) is 5.84 Å². The SMILES string of the molecule is NNc1c2c(nc3c(F)ccc(F)c13)CCOC2. The summed E-state index contributed by atoms with van der Waals surface area (Å²) in [6, 6.07) is 2.13. The third-order valence-corrected chi connectivity index (χ3v) is 3.10. The molecule has 2 aromatic rings. The predicted molar refractivity (Wildman–Crippen MR) is 62.8 cm³/mol. The van der Waals surface area contributed by atoms with E-state index in [2.05, 4.69) is 10.4 Å². The lowest BCUT2D eigenvalue weighted by molar-refractivity contribution is 0.110. The minimum absolute atomic E-state index is 0.00333. The van der Waals surface area contributed by atoms with Crippen LogP contribution in [0.1, 0.15) is 11.3 Å². The van der Waals surface area contributed by atoms with Crippen LogP contribution in [0.2, 0.25) is 0 Å². The Morgan fingerprint density at radius 2 is 2.06 bits per heavy atom. The summed E-state index contributed by atoms with van der Waals surface area (Å²) in [6.07, 6.45) is 0.565. The first kappa shape index (κ1) is 11.3. The molecular formula is C12H11F2N3O. The maximum absolute atomic E-state index is 13.8. The molecule has 6 heteroatoms. The standard InChI is InChI=1S/C12H11F2N3O/c13-7-1-2-8(14)12-10(7)11(17-15)6-5-18-4-3-9(6)16-12/h1-2H,3-5,15H2,(H,16,17). The second-order valence-corrected chi connectivity index (χ2v) is 4.11. The summed E-state index contributed by atoms with van der Waals surface area (Å²) in [7, 11) is 0. The van der Waals surface area contributed by atoms with Crippen molar-refractivity contribution in [1.29, 1.82) is 0 Å². The highest BCUT2D eigenvalue weighted by Crippen LogP contribution is 2.33. The zero-order chi connectivity index (χ0) is 12.7. The summed E-state index contributed by atoms with van der Waals surface area (Å²) in [6.45, 7) is 0.820. The summed E-state index contributed by atoms with van der Waals surface area (Å²) < 4.78 is 32.9. The van der Waals surface area contributed by atoms with E-state index in [4.69, 9.17) is 10.6 Å². The van der Waals surface area contributed by atoms with Crippen LogP contribution in [0.3, 0.4) is 0 Å². The number of nitrogens with two attached hydrogens (primary N) is 1. The van der Waals surface area contributed by atoms with Gasteiger partial charge in [0.25, 0.3) is 0 Å². The van der Waals surface area contributed by atoms with Gasteiger partial charge >= 0.3 is 0 Å². The Morgan fingerprint density at radius 3 is 2.83 bits per heavy atom. The van der Waals surface area contributed by atoms with E-state index in [-0.39, 0.29) is 10.9 Å². The summed E-state index contributed by atoms with van der Waals surface area (Å²) in [4.78, 5) is 4.19. The number of halogens is 2. The molecule has 0 fully saturated rings. The molecule has 1 aliphatic rings. The van der Waals surface area contributed by atoms with E-state index in [0.717, 1.165) is 12.1 Å². The quantitative estimate of drug-likeness (QED) is 0.600. The van der Waals surface area contributed by atoms with Crippen LogP contribution < -0.4 is 11.3 Å². The van der Waals surface area contributed by atoms with Crippen molar-refractivity contribution in [2.75, 3.05) is 12.0 Å². The molecule has 3 rings (SSSR count). The molecule has 4 nitrogen and oxygen atoms in total. The van der Waals surface area contributed by atoms with Gasteiger partial charge in [0.05, 0.1) is 30.0 Å². The molecule has 0 unspecified atom stereocenters. The van der Waals surface area contributed by atoms with Crippen molar-refractivity contribution >= 4 is 16.6 Å². The molecule has 18 heavy (non-hydrogen) atoms. The molecule has 94 valence electrons. The van der Waals surface area contributed by atoms with Crippen molar-refractivity contribution < 1.29 is 13.5 Å². The molecule has 1 aromatic carbocycles. The fourth-order valence-corrected chi connectivity index (χ4v) is 2.25. The second kappa shape index (κ2) is 4.15. The minimum Gasteiger partial charge on any atom is -0.376 e. The number of nitrogens with zero attached hydrogens (tertiary/aromatic N) is 1. The van der Waals surface area contributed by atoms with Crippen LogP contribution in [0.5, 0.6) is 0 Å². The lowest BCUT2D eigenvalue weighted by Crippen LogP contribution is -2.18. The summed E-state index contributed by atoms with van der Waals surface area (Å²) in [5, 5.41) is 0.0711. The van der Waals surface area contributed by atoms with E-state index in [1.807, 2.05) is 0 Å². The number of hydrogen-bond donors (Lipinski definition) is 2. The van der Waals surface area contributed by atoms with Crippen molar-refractivity contribution in [3.05, 3.63) is 35.0 Å². The van der Waals surface area contributed by atoms with Gasteiger partial charge in [0.2, 0.25) is 0 Å². The zero-order valence-electron chi connectivity index (χ0n) is 9.46. The van der Waals surface area contributed by atoms with Crippen LogP contribution >= 0.6 is 0 Å². The molecule has 2 heterocycles. The molecule has 0 spiro atoms. The maximum atomic E-state index is 13.8. The summed E-state index contributed by atoms with van der Waals surface area (Å²) in [5.74, 6) is 4.32. The number of nitrogen functional groups attached to an aromatic ring is 1. The van der Waals surface area contributed by atoms with Crippen LogP contribution in [-0.2, 0) is 17.8 Å². The molecule has 0 atom stereocenters. The Hall–Kier alpha value is -1.79. The van der Waals surface area contributed by atoms with E-state index < -0.39 is 11.6 Å². The number of hydrazine groups is 1. The topological polar surface area (TPSA) is 60.2 Å². The van der Waals surface area contributed by atoms with Gasteiger partial charge in [0, 0.05) is 12.0 Å². The number of pyridine rings is 1. The van der Waals surface area contributed by atoms with E-state index in [0.29, 0.717) is 36.6 Å². The maximum Gasteiger partial charge on any atom is 0.149 e. The molecular weight excluding hydrogens is 240 g/mol. The molecule has 0 bridgehead atoms. The van der Waals surface area contributed by atoms with Crippen LogP contribution in [-0.4, -0.2) is 11.6 Å². The van der Waals surface area contributed by atoms with Crippen LogP contribution in [0, 0.1) is 11.6 Å². The highest BCUT2D eigenvalue weighted by atomic mass is 19.1. The van der Waals surface area contributed by atoms with E-state index >= 15 is 0 Å². The van der Waals surface area contributed by atoms with Crippen LogP contribution in [0.25, 0.3) is 10.9 Å². The first-order chi connectivity index (χ1) is 8.72. The number of benzene rings is 1. The van der Waals surface area contributed by atoms with Gasteiger partial charge in [-0.1, -0.05) is 0 Å². The zero-order valence-corrected chi connectivity index (χ0v) is 9.46. The lowest BCUT2D eigenvalue weighted by Gasteiger charge is -2.20. The normalized spacial score (nSPS) is 14.6. The number of hydrogen-bond acceptors (Lipinski definition) is 4. The summed E-state index contributed by atoms with van der Waals surface area (Å²) in [5.41, 5.74) is 4.19. The third kappa shape index (κ3) is 1.53. The first-order valence-corrected chi connectivity index (χ1v) is 5.56. The number of rotatable bonds is 1. The Bertz CT molecular complexity index is 630. The van der Waals surface area contributed by atoms with E-state index in [1.165, 1.54) is 0 Å². The van der Waals surface area contributed by atoms with Gasteiger partial charge in [-0.25, -0.2) is 13.8 Å². The van der Waals surface area contributed by atoms with Crippen molar-refractivity contribution in [1.82, 2.24) is 4.98 Å². The van der Waals surface area contributed by atoms with Crippen LogP contribution in [0.4, 0.5) is 14.5 Å². The molecule has 0 radical (unpaired) electrons. The van der Waals surface area contributed by atoms with Crippen molar-refractivity contribution in [2.45, 2.75) is 13.0 Å². The van der Waals surface area contributed by atoms with Gasteiger partial charge in [-0.15, -0.1) is 0 Å². The van der Waals surface area contributed by atoms with Gasteiger partial charge in [0.1, 0.15) is 17.2 Å². The van der Waals surface area contributed by atoms with Gasteiger partial charge in [0.15, 0.2) is 0 Å². The molecule has 3 N–H and O–H groups in total. The minimum atomic E-state index is -0.558. The monoisotopic (exact) mass is 251 g/mol. The number of ether oxygens (including phenoxy) is 1. The highest BCUT2D eigenvalue weighted by Gasteiger charge is 2.21. The molecule has 0 saturated heterocycles. The molecule has 0 saturated carbocycles. The fraction of sp³-hybridized carbons (Fsp3) is 0.250. The fourth-order valence-electron chi connectivity index (χ4n) is 2.25. The highest BCUT2D eigenvalue weighted by molar-refractivity contribution is 5.94. The Labute approximate surface area is 102 Å². The Balaban J connectivity index is 2.44. The number of nitrogens with one attached hydrogen (secondary N) is 1. The van der Waals surface area contributed by atoms with E-state index in [1.54, 1.807) is 0 Å². The van der Waals surface area contributed by atoms with Crippen molar-refractivity contribution in [3.8, 4) is 0 Å². The van der Waals surface area contributed by atoms with Crippen molar-refractivity contribution in [3.63, 3.8) is 0 Å². The average Bonchev–Trinajstić information content (AvgIpc) is 2.41. The predicted octanol–water partition coefficient (Wildman–Crippen LogP) is 1.87. The van der Waals surface area contributed by atoms with E-state index in [9.17, 15) is 8.78 Å². The first-order valence-electron chi connectivity index (χ1n) is 5.56. The third-order valence-electron chi connectivity index (χ3n) is 3.10. The molecule has 0 amide bonds.